The molecule has 3 aromatic carbocycles. The fourth-order valence-electron chi connectivity index (χ4n) is 4.21. The minimum atomic E-state index is -0.577. The summed E-state index contributed by atoms with van der Waals surface area (Å²) in [5.74, 6) is 2.39. The SMILES string of the molecule is COc1ccc(-n2c(C(C)N(C)C(=O)c3ccc4c(c3)OCO4)nc3c(OC)cccc3c2=O)cc1. The molecule has 1 amide bonds. The molecule has 2 heterocycles. The molecule has 1 unspecified atom stereocenters. The van der Waals surface area contributed by atoms with Crippen LogP contribution in [0.3, 0.4) is 0 Å². The van der Waals surface area contributed by atoms with Crippen molar-refractivity contribution in [1.29, 1.82) is 0 Å². The molecule has 36 heavy (non-hydrogen) atoms. The standard InChI is InChI=1S/C27H25N3O6/c1-16(29(2)26(31)17-8-13-21-23(14-17)36-15-35-21)25-28-24-20(6-5-7-22(24)34-4)27(32)30(25)18-9-11-19(33-3)12-10-18/h5-14,16H,15H2,1-4H3. The van der Waals surface area contributed by atoms with Gasteiger partial charge >= 0.3 is 0 Å². The molecule has 0 radical (unpaired) electrons. The number of methoxy groups -OCH3 is 2. The van der Waals surface area contributed by atoms with E-state index in [2.05, 4.69) is 0 Å². The summed E-state index contributed by atoms with van der Waals surface area (Å²) in [6.45, 7) is 1.95. The summed E-state index contributed by atoms with van der Waals surface area (Å²) >= 11 is 0. The molecule has 0 saturated carbocycles. The highest BCUT2D eigenvalue weighted by Gasteiger charge is 2.27. The van der Waals surface area contributed by atoms with Crippen molar-refractivity contribution < 1.29 is 23.7 Å². The zero-order valence-corrected chi connectivity index (χ0v) is 20.3. The van der Waals surface area contributed by atoms with E-state index in [0.29, 0.717) is 51.0 Å². The normalized spacial score (nSPS) is 12.9. The third-order valence-electron chi connectivity index (χ3n) is 6.33. The quantitative estimate of drug-likeness (QED) is 0.406. The zero-order valence-electron chi connectivity index (χ0n) is 20.3. The van der Waals surface area contributed by atoms with Crippen LogP contribution in [-0.4, -0.2) is 48.4 Å². The number of carbonyl (C=O) groups is 1. The summed E-state index contributed by atoms with van der Waals surface area (Å²) in [5.41, 5.74) is 1.20. The van der Waals surface area contributed by atoms with E-state index in [1.807, 2.05) is 6.92 Å². The van der Waals surface area contributed by atoms with Crippen LogP contribution in [0.25, 0.3) is 16.6 Å². The van der Waals surface area contributed by atoms with Gasteiger partial charge < -0.3 is 23.8 Å². The van der Waals surface area contributed by atoms with E-state index in [1.54, 1.807) is 79.7 Å². The number of benzene rings is 3. The highest BCUT2D eigenvalue weighted by Crippen LogP contribution is 2.34. The number of hydrogen-bond acceptors (Lipinski definition) is 7. The predicted octanol–water partition coefficient (Wildman–Crippen LogP) is 3.96. The number of fused-ring (bicyclic) bond motifs is 2. The van der Waals surface area contributed by atoms with Gasteiger partial charge in [-0.1, -0.05) is 6.07 Å². The van der Waals surface area contributed by atoms with E-state index in [9.17, 15) is 9.59 Å². The highest BCUT2D eigenvalue weighted by molar-refractivity contribution is 5.95. The number of carbonyl (C=O) groups excluding carboxylic acids is 1. The van der Waals surface area contributed by atoms with Gasteiger partial charge in [0.15, 0.2) is 11.5 Å². The zero-order chi connectivity index (χ0) is 25.4. The molecular formula is C27H25N3O6. The lowest BCUT2D eigenvalue weighted by Crippen LogP contribution is -2.35. The van der Waals surface area contributed by atoms with Gasteiger partial charge in [-0.05, 0) is 61.5 Å². The maximum absolute atomic E-state index is 13.8. The van der Waals surface area contributed by atoms with Gasteiger partial charge in [-0.15, -0.1) is 0 Å². The summed E-state index contributed by atoms with van der Waals surface area (Å²) in [6, 6.07) is 16.8. The van der Waals surface area contributed by atoms with Gasteiger partial charge in [-0.2, -0.15) is 0 Å². The Kier molecular flexibility index (Phi) is 5.97. The first-order valence-corrected chi connectivity index (χ1v) is 11.3. The molecule has 9 nitrogen and oxygen atoms in total. The maximum Gasteiger partial charge on any atom is 0.266 e. The van der Waals surface area contributed by atoms with Crippen molar-refractivity contribution in [3.8, 4) is 28.7 Å². The third kappa shape index (κ3) is 3.88. The Bertz CT molecular complexity index is 1510. The molecule has 0 saturated heterocycles. The first kappa shape index (κ1) is 23.2. The van der Waals surface area contributed by atoms with Crippen molar-refractivity contribution in [3.05, 3.63) is 82.4 Å². The molecule has 1 aliphatic rings. The van der Waals surface area contributed by atoms with Gasteiger partial charge in [-0.3, -0.25) is 14.2 Å². The van der Waals surface area contributed by atoms with Gasteiger partial charge in [-0.25, -0.2) is 4.98 Å². The molecule has 184 valence electrons. The Morgan fingerprint density at radius 3 is 2.50 bits per heavy atom. The first-order valence-electron chi connectivity index (χ1n) is 11.3. The fraction of sp³-hybridized carbons (Fsp3) is 0.222. The van der Waals surface area contributed by atoms with Crippen molar-refractivity contribution in [2.24, 2.45) is 0 Å². The summed E-state index contributed by atoms with van der Waals surface area (Å²) in [5, 5.41) is 0.408. The minimum absolute atomic E-state index is 0.121. The average molecular weight is 488 g/mol. The Balaban J connectivity index is 1.64. The fourth-order valence-corrected chi connectivity index (χ4v) is 4.21. The second kappa shape index (κ2) is 9.26. The molecule has 1 aromatic heterocycles. The largest absolute Gasteiger partial charge is 0.497 e. The average Bonchev–Trinajstić information content (AvgIpc) is 3.39. The van der Waals surface area contributed by atoms with E-state index in [4.69, 9.17) is 23.9 Å². The van der Waals surface area contributed by atoms with E-state index >= 15 is 0 Å². The van der Waals surface area contributed by atoms with Crippen LogP contribution in [0.5, 0.6) is 23.0 Å². The number of amides is 1. The molecule has 5 rings (SSSR count). The lowest BCUT2D eigenvalue weighted by atomic mass is 10.1. The van der Waals surface area contributed by atoms with E-state index in [0.717, 1.165) is 0 Å². The molecule has 1 aliphatic heterocycles. The number of nitrogens with zero attached hydrogens (tertiary/aromatic N) is 3. The van der Waals surface area contributed by atoms with E-state index < -0.39 is 6.04 Å². The topological polar surface area (TPSA) is 92.1 Å². The number of aromatic nitrogens is 2. The molecule has 1 atom stereocenters. The van der Waals surface area contributed by atoms with Crippen molar-refractivity contribution in [1.82, 2.24) is 14.5 Å². The second-order valence-corrected chi connectivity index (χ2v) is 8.33. The molecule has 9 heteroatoms. The summed E-state index contributed by atoms with van der Waals surface area (Å²) in [4.78, 5) is 33.6. The second-order valence-electron chi connectivity index (χ2n) is 8.33. The van der Waals surface area contributed by atoms with Crippen LogP contribution in [0.2, 0.25) is 0 Å². The van der Waals surface area contributed by atoms with Gasteiger partial charge in [0.25, 0.3) is 11.5 Å². The monoisotopic (exact) mass is 487 g/mol. The van der Waals surface area contributed by atoms with Crippen molar-refractivity contribution in [2.75, 3.05) is 28.1 Å². The van der Waals surface area contributed by atoms with Crippen LogP contribution in [-0.2, 0) is 0 Å². The van der Waals surface area contributed by atoms with E-state index in [1.165, 1.54) is 11.7 Å². The van der Waals surface area contributed by atoms with Crippen molar-refractivity contribution >= 4 is 16.8 Å². The van der Waals surface area contributed by atoms with Crippen molar-refractivity contribution in [3.63, 3.8) is 0 Å². The molecule has 0 aliphatic carbocycles. The van der Waals surface area contributed by atoms with Crippen molar-refractivity contribution in [2.45, 2.75) is 13.0 Å². The molecular weight excluding hydrogens is 462 g/mol. The molecule has 0 bridgehead atoms. The van der Waals surface area contributed by atoms with E-state index in [-0.39, 0.29) is 18.3 Å². The van der Waals surface area contributed by atoms with Gasteiger partial charge in [0.1, 0.15) is 22.8 Å². The van der Waals surface area contributed by atoms with Crippen LogP contribution in [0.15, 0.2) is 65.5 Å². The number of rotatable bonds is 6. The van der Waals surface area contributed by atoms with Gasteiger partial charge in [0, 0.05) is 12.6 Å². The smallest absolute Gasteiger partial charge is 0.266 e. The van der Waals surface area contributed by atoms with Gasteiger partial charge in [0.05, 0.1) is 31.3 Å². The Labute approximate surface area is 207 Å². The predicted molar refractivity (Wildman–Crippen MR) is 134 cm³/mol. The van der Waals surface area contributed by atoms with Gasteiger partial charge in [0.2, 0.25) is 6.79 Å². The Morgan fingerprint density at radius 1 is 1.03 bits per heavy atom. The Hall–Kier alpha value is -4.53. The Morgan fingerprint density at radius 2 is 1.78 bits per heavy atom. The maximum atomic E-state index is 13.8. The first-order chi connectivity index (χ1) is 17.4. The summed E-state index contributed by atoms with van der Waals surface area (Å²) < 4.78 is 23.1. The number of para-hydroxylation sites is 1. The third-order valence-corrected chi connectivity index (χ3v) is 6.33. The van der Waals surface area contributed by atoms with Crippen LogP contribution >= 0.6 is 0 Å². The highest BCUT2D eigenvalue weighted by atomic mass is 16.7. The lowest BCUT2D eigenvalue weighted by Gasteiger charge is -2.27. The van der Waals surface area contributed by atoms with Crippen LogP contribution in [0, 0.1) is 0 Å². The summed E-state index contributed by atoms with van der Waals surface area (Å²) in [6.07, 6.45) is 0. The molecule has 4 aromatic rings. The summed E-state index contributed by atoms with van der Waals surface area (Å²) in [7, 11) is 4.79. The lowest BCUT2D eigenvalue weighted by molar-refractivity contribution is 0.0734. The van der Waals surface area contributed by atoms with Crippen LogP contribution in [0.1, 0.15) is 29.1 Å². The molecule has 0 fully saturated rings. The molecule has 0 N–H and O–H groups in total. The number of hydrogen-bond donors (Lipinski definition) is 0. The van der Waals surface area contributed by atoms with Crippen LogP contribution < -0.4 is 24.5 Å². The molecule has 0 spiro atoms. The number of ether oxygens (including phenoxy) is 4. The van der Waals surface area contributed by atoms with Crippen LogP contribution in [0.4, 0.5) is 0 Å². The minimum Gasteiger partial charge on any atom is -0.497 e.